The van der Waals surface area contributed by atoms with Crippen LogP contribution in [0.15, 0.2) is 32.3 Å². The molecule has 4 nitrogen and oxygen atoms in total. The second-order valence-corrected chi connectivity index (χ2v) is 4.57. The summed E-state index contributed by atoms with van der Waals surface area (Å²) in [5, 5.41) is 5.80. The number of hydrogen-bond acceptors (Lipinski definition) is 4. The average molecular weight is 242 g/mol. The maximum absolute atomic E-state index is 5.69. The van der Waals surface area contributed by atoms with E-state index < -0.39 is 0 Å². The number of aryl methyl sites for hydroxylation is 3. The molecule has 0 radical (unpaired) electrons. The topological polar surface area (TPSA) is 64.7 Å². The van der Waals surface area contributed by atoms with Crippen LogP contribution in [0.3, 0.4) is 0 Å². The largest absolute Gasteiger partial charge is 0.464 e. The molecule has 0 fully saturated rings. The van der Waals surface area contributed by atoms with E-state index in [2.05, 4.69) is 11.2 Å². The molecule has 0 unspecified atom stereocenters. The first-order valence-electron chi connectivity index (χ1n) is 5.77. The predicted molar refractivity (Wildman–Crippen MR) is 69.9 cm³/mol. The van der Waals surface area contributed by atoms with Gasteiger partial charge in [-0.05, 0) is 38.0 Å². The molecular formula is C14H14N2O2. The minimum absolute atomic E-state index is 0.422. The molecule has 2 aromatic heterocycles. The number of fused-ring (bicyclic) bond motifs is 2. The molecule has 2 N–H and O–H groups in total. The number of benzene rings is 1. The molecule has 18 heavy (non-hydrogen) atoms. The molecule has 0 aliphatic heterocycles. The van der Waals surface area contributed by atoms with Crippen LogP contribution in [0.5, 0.6) is 0 Å². The SMILES string of the molecule is Cc1coc2c(C)c3o/c(=N/N)cc(C)c3cc12. The second kappa shape index (κ2) is 3.63. The molecule has 92 valence electrons. The summed E-state index contributed by atoms with van der Waals surface area (Å²) in [6.07, 6.45) is 1.76. The molecule has 0 saturated carbocycles. The lowest BCUT2D eigenvalue weighted by Gasteiger charge is -2.05. The predicted octanol–water partition coefficient (Wildman–Crippen LogP) is 2.88. The fraction of sp³-hybridized carbons (Fsp3) is 0.214. The van der Waals surface area contributed by atoms with E-state index in [9.17, 15) is 0 Å². The van der Waals surface area contributed by atoms with Gasteiger partial charge in [-0.3, -0.25) is 0 Å². The third-order valence-electron chi connectivity index (χ3n) is 3.34. The van der Waals surface area contributed by atoms with Gasteiger partial charge in [-0.15, -0.1) is 5.10 Å². The number of hydrogen-bond donors (Lipinski definition) is 1. The monoisotopic (exact) mass is 242 g/mol. The Morgan fingerprint density at radius 2 is 1.72 bits per heavy atom. The molecular weight excluding hydrogens is 228 g/mol. The zero-order valence-corrected chi connectivity index (χ0v) is 10.6. The van der Waals surface area contributed by atoms with Crippen molar-refractivity contribution in [3.05, 3.63) is 40.6 Å². The molecule has 3 rings (SSSR count). The Balaban J connectivity index is 2.61. The fourth-order valence-corrected chi connectivity index (χ4v) is 2.32. The van der Waals surface area contributed by atoms with E-state index in [0.29, 0.717) is 5.55 Å². The number of rotatable bonds is 0. The first-order chi connectivity index (χ1) is 8.61. The van der Waals surface area contributed by atoms with E-state index in [1.807, 2.05) is 26.8 Å². The molecule has 0 aliphatic rings. The fourth-order valence-electron chi connectivity index (χ4n) is 2.32. The van der Waals surface area contributed by atoms with Crippen LogP contribution in [0.2, 0.25) is 0 Å². The maximum atomic E-state index is 5.69. The van der Waals surface area contributed by atoms with Crippen LogP contribution >= 0.6 is 0 Å². The van der Waals surface area contributed by atoms with Gasteiger partial charge in [0.2, 0.25) is 5.55 Å². The summed E-state index contributed by atoms with van der Waals surface area (Å²) in [7, 11) is 0. The van der Waals surface area contributed by atoms with Crippen LogP contribution < -0.4 is 11.4 Å². The summed E-state index contributed by atoms with van der Waals surface area (Å²) < 4.78 is 11.3. The zero-order chi connectivity index (χ0) is 12.9. The van der Waals surface area contributed by atoms with E-state index in [0.717, 1.165) is 38.6 Å². The molecule has 4 heteroatoms. The van der Waals surface area contributed by atoms with Gasteiger partial charge in [0, 0.05) is 22.4 Å². The second-order valence-electron chi connectivity index (χ2n) is 4.57. The lowest BCUT2D eigenvalue weighted by molar-refractivity contribution is 0.532. The summed E-state index contributed by atoms with van der Waals surface area (Å²) in [5.74, 6) is 5.28. The van der Waals surface area contributed by atoms with Gasteiger partial charge in [0.15, 0.2) is 0 Å². The Kier molecular flexibility index (Phi) is 2.20. The van der Waals surface area contributed by atoms with Gasteiger partial charge >= 0.3 is 0 Å². The third kappa shape index (κ3) is 1.35. The highest BCUT2D eigenvalue weighted by Crippen LogP contribution is 2.31. The van der Waals surface area contributed by atoms with Crippen molar-refractivity contribution < 1.29 is 8.83 Å². The van der Waals surface area contributed by atoms with Crippen molar-refractivity contribution in [2.24, 2.45) is 10.9 Å². The molecule has 0 bridgehead atoms. The standard InChI is InChI=1S/C14H14N2O2/c1-7-4-12(16-15)18-14-9(3)13-11(5-10(7)14)8(2)6-17-13/h4-6H,15H2,1-3H3/b16-12+. The summed E-state index contributed by atoms with van der Waals surface area (Å²) in [5.41, 5.74) is 5.25. The molecule has 3 aromatic rings. The highest BCUT2D eigenvalue weighted by Gasteiger charge is 2.12. The van der Waals surface area contributed by atoms with Crippen LogP contribution in [-0.4, -0.2) is 0 Å². The average Bonchev–Trinajstić information content (AvgIpc) is 2.73. The Bertz CT molecular complexity index is 825. The first-order valence-corrected chi connectivity index (χ1v) is 5.77. The van der Waals surface area contributed by atoms with Crippen molar-refractivity contribution in [2.75, 3.05) is 0 Å². The Hall–Kier alpha value is -2.23. The van der Waals surface area contributed by atoms with Gasteiger partial charge in [-0.25, -0.2) is 0 Å². The number of furan rings is 1. The number of nitrogens with zero attached hydrogens (tertiary/aromatic N) is 1. The van der Waals surface area contributed by atoms with Crippen LogP contribution in [0.25, 0.3) is 21.9 Å². The van der Waals surface area contributed by atoms with E-state index in [1.165, 1.54) is 0 Å². The highest BCUT2D eigenvalue weighted by molar-refractivity contribution is 5.99. The van der Waals surface area contributed by atoms with Crippen LogP contribution in [0, 0.1) is 20.8 Å². The molecule has 0 atom stereocenters. The quantitative estimate of drug-likeness (QED) is 0.487. The van der Waals surface area contributed by atoms with E-state index in [-0.39, 0.29) is 0 Å². The Morgan fingerprint density at radius 1 is 1.00 bits per heavy atom. The van der Waals surface area contributed by atoms with Crippen molar-refractivity contribution in [2.45, 2.75) is 20.8 Å². The molecule has 0 spiro atoms. The summed E-state index contributed by atoms with van der Waals surface area (Å²) in [4.78, 5) is 0. The lowest BCUT2D eigenvalue weighted by Crippen LogP contribution is -2.05. The van der Waals surface area contributed by atoms with Gasteiger partial charge in [0.1, 0.15) is 11.2 Å². The van der Waals surface area contributed by atoms with Crippen molar-refractivity contribution in [3.63, 3.8) is 0 Å². The van der Waals surface area contributed by atoms with Gasteiger partial charge in [-0.1, -0.05) is 0 Å². The van der Waals surface area contributed by atoms with Gasteiger partial charge < -0.3 is 14.7 Å². The van der Waals surface area contributed by atoms with Gasteiger partial charge in [0.25, 0.3) is 0 Å². The van der Waals surface area contributed by atoms with Crippen LogP contribution in [0.4, 0.5) is 0 Å². The first kappa shape index (κ1) is 10.9. The van der Waals surface area contributed by atoms with Crippen LogP contribution in [0.1, 0.15) is 16.7 Å². The maximum Gasteiger partial charge on any atom is 0.236 e. The van der Waals surface area contributed by atoms with Crippen molar-refractivity contribution in [3.8, 4) is 0 Å². The van der Waals surface area contributed by atoms with Crippen molar-refractivity contribution >= 4 is 21.9 Å². The lowest BCUT2D eigenvalue weighted by atomic mass is 10.0. The highest BCUT2D eigenvalue weighted by atomic mass is 16.3. The van der Waals surface area contributed by atoms with Gasteiger partial charge in [-0.2, -0.15) is 0 Å². The van der Waals surface area contributed by atoms with E-state index in [4.69, 9.17) is 14.7 Å². The molecule has 0 saturated heterocycles. The summed E-state index contributed by atoms with van der Waals surface area (Å²) >= 11 is 0. The zero-order valence-electron chi connectivity index (χ0n) is 10.6. The van der Waals surface area contributed by atoms with E-state index >= 15 is 0 Å². The van der Waals surface area contributed by atoms with Crippen LogP contribution in [-0.2, 0) is 0 Å². The summed E-state index contributed by atoms with van der Waals surface area (Å²) in [6.45, 7) is 6.04. The van der Waals surface area contributed by atoms with E-state index in [1.54, 1.807) is 6.26 Å². The Morgan fingerprint density at radius 3 is 2.44 bits per heavy atom. The number of nitrogens with two attached hydrogens (primary N) is 1. The molecule has 2 heterocycles. The third-order valence-corrected chi connectivity index (χ3v) is 3.34. The smallest absolute Gasteiger partial charge is 0.236 e. The molecule has 0 amide bonds. The molecule has 0 aliphatic carbocycles. The normalized spacial score (nSPS) is 12.7. The molecule has 1 aromatic carbocycles. The minimum atomic E-state index is 0.422. The van der Waals surface area contributed by atoms with Crippen molar-refractivity contribution in [1.29, 1.82) is 0 Å². The summed E-state index contributed by atoms with van der Waals surface area (Å²) in [6, 6.07) is 3.93. The van der Waals surface area contributed by atoms with Crippen molar-refractivity contribution in [1.82, 2.24) is 0 Å². The minimum Gasteiger partial charge on any atom is -0.464 e. The van der Waals surface area contributed by atoms with Gasteiger partial charge in [0.05, 0.1) is 6.26 Å². The Labute approximate surface area is 104 Å².